The maximum atomic E-state index is 12.6. The minimum absolute atomic E-state index is 0.0764. The predicted molar refractivity (Wildman–Crippen MR) is 61.1 cm³/mol. The summed E-state index contributed by atoms with van der Waals surface area (Å²) in [6.45, 7) is -0.174. The highest BCUT2D eigenvalue weighted by molar-refractivity contribution is 9.10. The van der Waals surface area contributed by atoms with Gasteiger partial charge in [-0.1, -0.05) is 15.9 Å². The number of hydrogen-bond acceptors (Lipinski definition) is 2. The molecule has 7 heteroatoms. The second-order valence-electron chi connectivity index (χ2n) is 3.89. The fraction of sp³-hybridized carbons (Fsp3) is 0.273. The zero-order valence-electron chi connectivity index (χ0n) is 8.92. The van der Waals surface area contributed by atoms with Crippen molar-refractivity contribution >= 4 is 33.3 Å². The molecule has 1 amide bonds. The Hall–Kier alpha value is -1.37. The van der Waals surface area contributed by atoms with E-state index in [0.717, 1.165) is 17.0 Å². The Kier molecular flexibility index (Phi) is 3.18. The van der Waals surface area contributed by atoms with Crippen LogP contribution in [-0.4, -0.2) is 18.2 Å². The molecule has 1 aliphatic heterocycles. The van der Waals surface area contributed by atoms with Crippen LogP contribution < -0.4 is 4.90 Å². The number of Topliss-reactive ketones (excluding diaryl/α,β-unsaturated/α-hetero) is 1. The number of rotatable bonds is 1. The summed E-state index contributed by atoms with van der Waals surface area (Å²) in [5.41, 5.74) is -0.786. The van der Waals surface area contributed by atoms with Gasteiger partial charge in [-0.3, -0.25) is 9.59 Å². The molecule has 1 aromatic carbocycles. The van der Waals surface area contributed by atoms with E-state index >= 15 is 0 Å². The molecule has 2 rings (SSSR count). The van der Waals surface area contributed by atoms with Crippen molar-refractivity contribution in [2.24, 2.45) is 0 Å². The molecule has 0 N–H and O–H groups in total. The third-order valence-electron chi connectivity index (χ3n) is 2.51. The van der Waals surface area contributed by atoms with E-state index in [4.69, 9.17) is 0 Å². The third kappa shape index (κ3) is 2.55. The number of nitrogens with zero attached hydrogens (tertiary/aromatic N) is 1. The fourth-order valence-electron chi connectivity index (χ4n) is 1.71. The van der Waals surface area contributed by atoms with E-state index in [9.17, 15) is 22.8 Å². The number of alkyl halides is 3. The Morgan fingerprint density at radius 3 is 2.33 bits per heavy atom. The van der Waals surface area contributed by atoms with Crippen molar-refractivity contribution in [1.82, 2.24) is 0 Å². The van der Waals surface area contributed by atoms with E-state index in [1.165, 1.54) is 6.07 Å². The van der Waals surface area contributed by atoms with Gasteiger partial charge in [0.1, 0.15) is 0 Å². The highest BCUT2D eigenvalue weighted by Crippen LogP contribution is 2.35. The molecule has 0 radical (unpaired) electrons. The van der Waals surface area contributed by atoms with Crippen LogP contribution in [0.2, 0.25) is 0 Å². The quantitative estimate of drug-likeness (QED) is 0.746. The van der Waals surface area contributed by atoms with Gasteiger partial charge < -0.3 is 4.90 Å². The van der Waals surface area contributed by atoms with E-state index < -0.39 is 17.6 Å². The molecule has 1 fully saturated rings. The zero-order valence-corrected chi connectivity index (χ0v) is 10.5. The maximum absolute atomic E-state index is 12.6. The summed E-state index contributed by atoms with van der Waals surface area (Å²) >= 11 is 2.96. The lowest BCUT2D eigenvalue weighted by Gasteiger charge is -2.17. The minimum Gasteiger partial charge on any atom is -0.305 e. The SMILES string of the molecule is O=C1CC(=O)N(c2cc(Br)cc(C(F)(F)F)c2)C1. The van der Waals surface area contributed by atoms with Gasteiger partial charge in [-0.15, -0.1) is 0 Å². The standard InChI is InChI=1S/C11H7BrF3NO2/c12-7-1-6(11(13,14)15)2-8(3-7)16-5-9(17)4-10(16)18/h1-3H,4-5H2. The Labute approximate surface area is 109 Å². The highest BCUT2D eigenvalue weighted by atomic mass is 79.9. The summed E-state index contributed by atoms with van der Waals surface area (Å²) < 4.78 is 38.1. The van der Waals surface area contributed by atoms with Crippen molar-refractivity contribution in [3.63, 3.8) is 0 Å². The van der Waals surface area contributed by atoms with E-state index in [2.05, 4.69) is 15.9 Å². The molecule has 1 saturated heterocycles. The van der Waals surface area contributed by atoms with Crippen LogP contribution in [0.5, 0.6) is 0 Å². The summed E-state index contributed by atoms with van der Waals surface area (Å²) in [6, 6.07) is 3.17. The molecule has 96 valence electrons. The molecule has 0 aliphatic carbocycles. The lowest BCUT2D eigenvalue weighted by Crippen LogP contribution is -2.25. The topological polar surface area (TPSA) is 37.4 Å². The van der Waals surface area contributed by atoms with E-state index in [1.54, 1.807) is 0 Å². The van der Waals surface area contributed by atoms with Crippen LogP contribution in [0.3, 0.4) is 0 Å². The molecule has 0 spiro atoms. The Balaban J connectivity index is 2.43. The van der Waals surface area contributed by atoms with Crippen LogP contribution in [0.15, 0.2) is 22.7 Å². The molecule has 0 atom stereocenters. The lowest BCUT2D eigenvalue weighted by atomic mass is 10.2. The van der Waals surface area contributed by atoms with Gasteiger partial charge in [0.2, 0.25) is 5.91 Å². The molecule has 0 saturated carbocycles. The monoisotopic (exact) mass is 321 g/mol. The van der Waals surface area contributed by atoms with Crippen LogP contribution >= 0.6 is 15.9 Å². The van der Waals surface area contributed by atoms with Gasteiger partial charge in [0.05, 0.1) is 18.5 Å². The van der Waals surface area contributed by atoms with Gasteiger partial charge in [-0.25, -0.2) is 0 Å². The van der Waals surface area contributed by atoms with Gasteiger partial charge in [0.25, 0.3) is 0 Å². The van der Waals surface area contributed by atoms with Crippen molar-refractivity contribution < 1.29 is 22.8 Å². The van der Waals surface area contributed by atoms with Gasteiger partial charge in [-0.05, 0) is 18.2 Å². The summed E-state index contributed by atoms with van der Waals surface area (Å²) in [7, 11) is 0. The third-order valence-corrected chi connectivity index (χ3v) is 2.96. The predicted octanol–water partition coefficient (Wildman–Crippen LogP) is 2.77. The molecular formula is C11H7BrF3NO2. The van der Waals surface area contributed by atoms with Crippen LogP contribution in [0.25, 0.3) is 0 Å². The second kappa shape index (κ2) is 4.38. The van der Waals surface area contributed by atoms with Crippen molar-refractivity contribution in [2.45, 2.75) is 12.6 Å². The summed E-state index contributed by atoms with van der Waals surface area (Å²) in [5.74, 6) is -0.778. The number of anilines is 1. The van der Waals surface area contributed by atoms with Gasteiger partial charge in [0.15, 0.2) is 5.78 Å². The van der Waals surface area contributed by atoms with Gasteiger partial charge >= 0.3 is 6.18 Å². The second-order valence-corrected chi connectivity index (χ2v) is 4.81. The first-order chi connectivity index (χ1) is 8.27. The maximum Gasteiger partial charge on any atom is 0.416 e. The average Bonchev–Trinajstić information content (AvgIpc) is 2.55. The highest BCUT2D eigenvalue weighted by Gasteiger charge is 2.34. The van der Waals surface area contributed by atoms with Crippen molar-refractivity contribution in [3.8, 4) is 0 Å². The molecule has 0 bridgehead atoms. The van der Waals surface area contributed by atoms with Gasteiger partial charge in [-0.2, -0.15) is 13.2 Å². The zero-order chi connectivity index (χ0) is 13.5. The molecule has 1 heterocycles. The number of hydrogen-bond donors (Lipinski definition) is 0. The molecule has 1 aliphatic rings. The first-order valence-corrected chi connectivity index (χ1v) is 5.76. The van der Waals surface area contributed by atoms with Gasteiger partial charge in [0, 0.05) is 10.2 Å². The molecule has 18 heavy (non-hydrogen) atoms. The first kappa shape index (κ1) is 13.1. The van der Waals surface area contributed by atoms with Crippen LogP contribution in [0.1, 0.15) is 12.0 Å². The Morgan fingerprint density at radius 1 is 1.17 bits per heavy atom. The van der Waals surface area contributed by atoms with E-state index in [1.807, 2.05) is 0 Å². The fourth-order valence-corrected chi connectivity index (χ4v) is 2.19. The summed E-state index contributed by atoms with van der Waals surface area (Å²) in [6.07, 6.45) is -4.75. The van der Waals surface area contributed by atoms with Crippen LogP contribution in [0, 0.1) is 0 Å². The Morgan fingerprint density at radius 2 is 1.83 bits per heavy atom. The van der Waals surface area contributed by atoms with Crippen molar-refractivity contribution in [3.05, 3.63) is 28.2 Å². The molecule has 3 nitrogen and oxygen atoms in total. The average molecular weight is 322 g/mol. The number of ketones is 1. The molecule has 0 unspecified atom stereocenters. The normalized spacial score (nSPS) is 16.6. The minimum atomic E-state index is -4.49. The summed E-state index contributed by atoms with van der Waals surface area (Å²) in [4.78, 5) is 23.6. The summed E-state index contributed by atoms with van der Waals surface area (Å²) in [5, 5.41) is 0. The molecular weight excluding hydrogens is 315 g/mol. The van der Waals surface area contributed by atoms with E-state index in [0.29, 0.717) is 0 Å². The Bertz CT molecular complexity index is 528. The number of carbonyl (C=O) groups is 2. The first-order valence-electron chi connectivity index (χ1n) is 4.97. The molecule has 1 aromatic rings. The van der Waals surface area contributed by atoms with Crippen LogP contribution in [-0.2, 0) is 15.8 Å². The molecule has 0 aromatic heterocycles. The van der Waals surface area contributed by atoms with Crippen molar-refractivity contribution in [2.75, 3.05) is 11.4 Å². The number of amides is 1. The number of carbonyl (C=O) groups excluding carboxylic acids is 2. The number of halogens is 4. The smallest absolute Gasteiger partial charge is 0.305 e. The van der Waals surface area contributed by atoms with Crippen molar-refractivity contribution in [1.29, 1.82) is 0 Å². The van der Waals surface area contributed by atoms with E-state index in [-0.39, 0.29) is 28.9 Å². The number of benzene rings is 1. The lowest BCUT2D eigenvalue weighted by molar-refractivity contribution is -0.137. The largest absolute Gasteiger partial charge is 0.416 e. The van der Waals surface area contributed by atoms with Crippen LogP contribution in [0.4, 0.5) is 18.9 Å².